The Balaban J connectivity index is 2.81. The highest BCUT2D eigenvalue weighted by molar-refractivity contribution is 7.83. The maximum atomic E-state index is 12.4. The first-order valence-corrected chi connectivity index (χ1v) is 7.91. The van der Waals surface area contributed by atoms with Crippen LogP contribution >= 0.6 is 7.94 Å². The fraction of sp³-hybridized carbons (Fsp3) is 0.444. The van der Waals surface area contributed by atoms with E-state index in [0.717, 1.165) is 4.91 Å². The van der Waals surface area contributed by atoms with Crippen LogP contribution in [-0.2, 0) is 25.4 Å². The summed E-state index contributed by atoms with van der Waals surface area (Å²) < 4.78 is 9.42. The molecule has 1 aliphatic heterocycles. The van der Waals surface area contributed by atoms with Crippen LogP contribution in [0.3, 0.4) is 0 Å². The zero-order chi connectivity index (χ0) is 14.5. The van der Waals surface area contributed by atoms with Gasteiger partial charge in [0.05, 0.1) is 6.54 Å². The molecule has 10 heteroatoms. The van der Waals surface area contributed by atoms with Crippen molar-refractivity contribution in [1.29, 1.82) is 0 Å². The molecular formula is C9H18N3O5PS+4. The van der Waals surface area contributed by atoms with Crippen LogP contribution < -0.4 is 16.7 Å². The van der Waals surface area contributed by atoms with Gasteiger partial charge in [-0.2, -0.15) is 11.8 Å². The van der Waals surface area contributed by atoms with Crippen LogP contribution in [0.5, 0.6) is 0 Å². The Bertz CT molecular complexity index is 388. The standard InChI is InChI=1S/C9H18N3O5PS/c1-7(13)12(14)5-4-8(9-3-2-6-19-9)18(15,16-10)17-11/h2-3,6,8,14H,4-5H2,1,10-11H3/q+4. The number of carbonyl (C=O) groups is 1. The molecule has 0 radical (unpaired) electrons. The van der Waals surface area contributed by atoms with Crippen molar-refractivity contribution in [3.05, 3.63) is 17.4 Å². The third kappa shape index (κ3) is 4.16. The molecule has 7 N–H and O–H groups in total. The molecule has 1 amide bonds. The normalized spacial score (nSPS) is 15.9. The Labute approximate surface area is 115 Å². The molecule has 1 unspecified atom stereocenters. The van der Waals surface area contributed by atoms with Gasteiger partial charge in [0.25, 0.3) is 11.0 Å². The minimum absolute atomic E-state index is 0.00854. The fourth-order valence-electron chi connectivity index (χ4n) is 1.56. The highest BCUT2D eigenvalue weighted by atomic mass is 32.1. The summed E-state index contributed by atoms with van der Waals surface area (Å²) in [6.07, 6.45) is 3.78. The average molecular weight is 311 g/mol. The summed E-state index contributed by atoms with van der Waals surface area (Å²) in [5.74, 6) is 5.82. The second kappa shape index (κ2) is 7.22. The maximum Gasteiger partial charge on any atom is 0.405 e. The smallest absolute Gasteiger partial charge is 0.405 e. The summed E-state index contributed by atoms with van der Waals surface area (Å²) in [6.45, 7) is 1.24. The van der Waals surface area contributed by atoms with Gasteiger partial charge >= 0.3 is 24.2 Å². The molecule has 0 bridgehead atoms. The highest BCUT2D eigenvalue weighted by Crippen LogP contribution is 2.57. The minimum atomic E-state index is -3.53. The number of quaternary nitrogens is 2. The molecule has 0 saturated carbocycles. The predicted molar refractivity (Wildman–Crippen MR) is 68.3 cm³/mol. The maximum absolute atomic E-state index is 12.4. The van der Waals surface area contributed by atoms with Gasteiger partial charge < -0.3 is 4.89 Å². The lowest BCUT2D eigenvalue weighted by molar-refractivity contribution is -0.696. The number of amides is 1. The van der Waals surface area contributed by atoms with Gasteiger partial charge in [0, 0.05) is 13.3 Å². The van der Waals surface area contributed by atoms with Crippen molar-refractivity contribution in [1.82, 2.24) is 5.06 Å². The fourth-order valence-corrected chi connectivity index (χ4v) is 4.14. The van der Waals surface area contributed by atoms with Crippen LogP contribution in [-0.4, -0.2) is 33.7 Å². The molecular weight excluding hydrogens is 293 g/mol. The Hall–Kier alpha value is -0.640. The van der Waals surface area contributed by atoms with Crippen LogP contribution in [0.15, 0.2) is 11.0 Å². The monoisotopic (exact) mass is 311 g/mol. The van der Waals surface area contributed by atoms with E-state index in [9.17, 15) is 14.9 Å². The lowest BCUT2D eigenvalue weighted by Crippen LogP contribution is -2.59. The van der Waals surface area contributed by atoms with Crippen molar-refractivity contribution in [3.63, 3.8) is 0 Å². The summed E-state index contributed by atoms with van der Waals surface area (Å²) in [5.41, 5.74) is -0.628. The van der Waals surface area contributed by atoms with Crippen LogP contribution in [0.2, 0.25) is 0 Å². The summed E-state index contributed by atoms with van der Waals surface area (Å²) in [4.78, 5) is 24.1. The molecule has 1 atom stereocenters. The molecule has 19 heavy (non-hydrogen) atoms. The van der Waals surface area contributed by atoms with Crippen molar-refractivity contribution >= 4 is 30.6 Å². The first kappa shape index (κ1) is 16.4. The quantitative estimate of drug-likeness (QED) is 0.119. The number of carbonyl (C=O) groups excluding carboxylic acids is 1. The SMILES string of the molecule is CC(=O)N(O)CCC(C1=C[CH+]C=[S+]1)[P+]([O-])(O[NH3+])O[NH3+]. The van der Waals surface area contributed by atoms with Crippen LogP contribution in [0.1, 0.15) is 13.3 Å². The van der Waals surface area contributed by atoms with Gasteiger partial charge in [-0.15, -0.1) is 0 Å². The lowest BCUT2D eigenvalue weighted by Gasteiger charge is -2.21. The molecule has 1 aliphatic rings. The van der Waals surface area contributed by atoms with Crippen molar-refractivity contribution in [2.45, 2.75) is 19.0 Å². The Morgan fingerprint density at radius 2 is 2.32 bits per heavy atom. The molecule has 0 aromatic rings. The van der Waals surface area contributed by atoms with Gasteiger partial charge in [-0.3, -0.25) is 10.0 Å². The van der Waals surface area contributed by atoms with Crippen LogP contribution in [0.25, 0.3) is 0 Å². The average Bonchev–Trinajstić information content (AvgIpc) is 2.91. The first-order chi connectivity index (χ1) is 8.94. The number of hydroxylamine groups is 2. The molecule has 0 aromatic heterocycles. The Morgan fingerprint density at radius 3 is 2.74 bits per heavy atom. The van der Waals surface area contributed by atoms with E-state index in [1.165, 1.54) is 18.3 Å². The van der Waals surface area contributed by atoms with Crippen molar-refractivity contribution in [2.24, 2.45) is 0 Å². The molecule has 0 fully saturated rings. The third-order valence-electron chi connectivity index (χ3n) is 2.59. The summed E-state index contributed by atoms with van der Waals surface area (Å²) in [5, 5.41) is 11.7. The second-order valence-corrected chi connectivity index (χ2v) is 6.96. The van der Waals surface area contributed by atoms with Gasteiger partial charge in [-0.05, 0) is 9.25 Å². The van der Waals surface area contributed by atoms with Gasteiger partial charge in [0.1, 0.15) is 6.42 Å². The van der Waals surface area contributed by atoms with Crippen molar-refractivity contribution in [3.8, 4) is 0 Å². The number of hydrogen-bond donors (Lipinski definition) is 3. The summed E-state index contributed by atoms with van der Waals surface area (Å²) in [7, 11) is -3.53. The molecule has 1 rings (SSSR count). The van der Waals surface area contributed by atoms with E-state index in [4.69, 9.17) is 9.25 Å². The third-order valence-corrected chi connectivity index (χ3v) is 5.77. The van der Waals surface area contributed by atoms with Crippen molar-refractivity contribution < 1.29 is 35.9 Å². The molecule has 0 aromatic carbocycles. The van der Waals surface area contributed by atoms with E-state index >= 15 is 0 Å². The summed E-state index contributed by atoms with van der Waals surface area (Å²) >= 11 is 1.38. The molecule has 0 spiro atoms. The van der Waals surface area contributed by atoms with E-state index in [-0.39, 0.29) is 13.0 Å². The molecule has 8 nitrogen and oxygen atoms in total. The molecule has 0 aliphatic carbocycles. The topological polar surface area (TPSA) is 137 Å². The van der Waals surface area contributed by atoms with Gasteiger partial charge in [-0.25, -0.2) is 5.06 Å². The van der Waals surface area contributed by atoms with E-state index in [0.29, 0.717) is 5.06 Å². The van der Waals surface area contributed by atoms with Gasteiger partial charge in [0.15, 0.2) is 6.08 Å². The molecule has 106 valence electrons. The second-order valence-electron chi connectivity index (χ2n) is 3.76. The largest absolute Gasteiger partial charge is 0.620 e. The van der Waals surface area contributed by atoms with Gasteiger partial charge in [0.2, 0.25) is 5.91 Å². The Morgan fingerprint density at radius 1 is 1.68 bits per heavy atom. The number of rotatable bonds is 7. The molecule has 1 heterocycles. The van der Waals surface area contributed by atoms with E-state index < -0.39 is 19.5 Å². The number of hydrogen-bond acceptors (Lipinski definition) is 5. The Kier molecular flexibility index (Phi) is 6.24. The minimum Gasteiger partial charge on any atom is -0.620 e. The van der Waals surface area contributed by atoms with Crippen LogP contribution in [0.4, 0.5) is 0 Å². The predicted octanol–water partition coefficient (Wildman–Crippen LogP) is -2.56. The van der Waals surface area contributed by atoms with E-state index in [2.05, 4.69) is 11.8 Å². The molecule has 0 saturated heterocycles. The van der Waals surface area contributed by atoms with Gasteiger partial charge in [-0.1, -0.05) is 0 Å². The zero-order valence-corrected chi connectivity index (χ0v) is 12.2. The van der Waals surface area contributed by atoms with Crippen molar-refractivity contribution in [2.75, 3.05) is 6.54 Å². The lowest BCUT2D eigenvalue weighted by atomic mass is 10.2. The zero-order valence-electron chi connectivity index (χ0n) is 10.5. The number of nitrogens with zero attached hydrogens (tertiary/aromatic N) is 1. The number of allylic oxidation sites excluding steroid dienone is 2. The highest BCUT2D eigenvalue weighted by Gasteiger charge is 2.57. The first-order valence-electron chi connectivity index (χ1n) is 5.42. The van der Waals surface area contributed by atoms with E-state index in [1.54, 1.807) is 12.5 Å². The summed E-state index contributed by atoms with van der Waals surface area (Å²) in [6, 6.07) is 0. The van der Waals surface area contributed by atoms with E-state index in [1.807, 2.05) is 5.37 Å². The van der Waals surface area contributed by atoms with Crippen LogP contribution in [0, 0.1) is 6.42 Å².